The highest BCUT2D eigenvalue weighted by atomic mass is 16.5. The van der Waals surface area contributed by atoms with E-state index in [0.29, 0.717) is 19.2 Å². The van der Waals surface area contributed by atoms with Crippen molar-refractivity contribution in [3.05, 3.63) is 35.9 Å². The zero-order chi connectivity index (χ0) is 13.3. The van der Waals surface area contributed by atoms with Crippen molar-refractivity contribution in [1.82, 2.24) is 10.6 Å². The molecule has 1 amide bonds. The third-order valence-electron chi connectivity index (χ3n) is 3.37. The van der Waals surface area contributed by atoms with E-state index in [0.717, 1.165) is 24.9 Å². The van der Waals surface area contributed by atoms with Crippen LogP contribution in [0.4, 0.5) is 4.79 Å². The van der Waals surface area contributed by atoms with Gasteiger partial charge in [0.15, 0.2) is 0 Å². The first-order valence-corrected chi connectivity index (χ1v) is 7.02. The van der Waals surface area contributed by atoms with Gasteiger partial charge in [-0.1, -0.05) is 30.3 Å². The topological polar surface area (TPSA) is 50.4 Å². The predicted molar refractivity (Wildman–Crippen MR) is 74.9 cm³/mol. The van der Waals surface area contributed by atoms with Gasteiger partial charge in [-0.2, -0.15) is 0 Å². The van der Waals surface area contributed by atoms with E-state index in [2.05, 4.69) is 10.6 Å². The Labute approximate surface area is 114 Å². The van der Waals surface area contributed by atoms with Gasteiger partial charge in [0.1, 0.15) is 6.61 Å². The SMILES string of the molecule is O=C(NCCCC1CCCN1)OCc1ccccc1. The normalized spacial score (nSPS) is 18.2. The molecule has 1 saturated heterocycles. The van der Waals surface area contributed by atoms with Gasteiger partial charge in [-0.25, -0.2) is 4.79 Å². The molecular formula is C15H22N2O2. The number of hydrogen-bond acceptors (Lipinski definition) is 3. The molecule has 0 radical (unpaired) electrons. The Morgan fingerprint density at radius 3 is 2.95 bits per heavy atom. The molecule has 1 unspecified atom stereocenters. The lowest BCUT2D eigenvalue weighted by molar-refractivity contribution is 0.139. The molecule has 0 saturated carbocycles. The van der Waals surface area contributed by atoms with Crippen molar-refractivity contribution in [2.75, 3.05) is 13.1 Å². The quantitative estimate of drug-likeness (QED) is 0.774. The summed E-state index contributed by atoms with van der Waals surface area (Å²) in [7, 11) is 0. The van der Waals surface area contributed by atoms with Crippen LogP contribution in [0.15, 0.2) is 30.3 Å². The van der Waals surface area contributed by atoms with Gasteiger partial charge in [0.25, 0.3) is 0 Å². The summed E-state index contributed by atoms with van der Waals surface area (Å²) in [4.78, 5) is 11.5. The van der Waals surface area contributed by atoms with Gasteiger partial charge in [-0.15, -0.1) is 0 Å². The summed E-state index contributed by atoms with van der Waals surface area (Å²) < 4.78 is 5.13. The molecule has 2 rings (SSSR count). The average Bonchev–Trinajstić information content (AvgIpc) is 2.96. The van der Waals surface area contributed by atoms with Crippen molar-refractivity contribution >= 4 is 6.09 Å². The minimum Gasteiger partial charge on any atom is -0.445 e. The van der Waals surface area contributed by atoms with Gasteiger partial charge in [0, 0.05) is 12.6 Å². The largest absolute Gasteiger partial charge is 0.445 e. The molecule has 1 aliphatic rings. The number of nitrogens with one attached hydrogen (secondary N) is 2. The summed E-state index contributed by atoms with van der Waals surface area (Å²) >= 11 is 0. The highest BCUT2D eigenvalue weighted by molar-refractivity contribution is 5.67. The van der Waals surface area contributed by atoms with Crippen molar-refractivity contribution < 1.29 is 9.53 Å². The minimum absolute atomic E-state index is 0.330. The Balaban J connectivity index is 1.52. The van der Waals surface area contributed by atoms with Gasteiger partial charge in [-0.05, 0) is 37.8 Å². The molecule has 1 heterocycles. The van der Waals surface area contributed by atoms with Crippen LogP contribution in [0.3, 0.4) is 0 Å². The van der Waals surface area contributed by atoms with E-state index in [1.54, 1.807) is 0 Å². The molecule has 4 nitrogen and oxygen atoms in total. The van der Waals surface area contributed by atoms with Crippen molar-refractivity contribution in [3.8, 4) is 0 Å². The molecule has 1 aromatic carbocycles. The summed E-state index contributed by atoms with van der Waals surface area (Å²) in [6.45, 7) is 2.15. The smallest absolute Gasteiger partial charge is 0.407 e. The van der Waals surface area contributed by atoms with Crippen LogP contribution in [0.1, 0.15) is 31.2 Å². The first-order valence-electron chi connectivity index (χ1n) is 7.02. The number of carbonyl (C=O) groups excluding carboxylic acids is 1. The second kappa shape index (κ2) is 7.79. The second-order valence-corrected chi connectivity index (χ2v) is 4.92. The maximum atomic E-state index is 11.5. The van der Waals surface area contributed by atoms with Crippen LogP contribution in [0, 0.1) is 0 Å². The molecule has 0 bridgehead atoms. The Kier molecular flexibility index (Phi) is 5.69. The number of benzene rings is 1. The number of hydrogen-bond donors (Lipinski definition) is 2. The van der Waals surface area contributed by atoms with Crippen LogP contribution in [0.5, 0.6) is 0 Å². The van der Waals surface area contributed by atoms with Crippen LogP contribution in [-0.4, -0.2) is 25.2 Å². The van der Waals surface area contributed by atoms with E-state index in [-0.39, 0.29) is 6.09 Å². The molecule has 0 spiro atoms. The zero-order valence-electron chi connectivity index (χ0n) is 11.2. The third-order valence-corrected chi connectivity index (χ3v) is 3.37. The number of ether oxygens (including phenoxy) is 1. The molecule has 0 aromatic heterocycles. The number of amides is 1. The van der Waals surface area contributed by atoms with Gasteiger partial charge in [-0.3, -0.25) is 0 Å². The summed E-state index contributed by atoms with van der Waals surface area (Å²) in [5.41, 5.74) is 1.01. The van der Waals surface area contributed by atoms with Crippen LogP contribution in [-0.2, 0) is 11.3 Å². The Hall–Kier alpha value is -1.55. The molecule has 1 atom stereocenters. The molecule has 19 heavy (non-hydrogen) atoms. The molecule has 1 aliphatic heterocycles. The lowest BCUT2D eigenvalue weighted by atomic mass is 10.1. The first kappa shape index (κ1) is 13.9. The monoisotopic (exact) mass is 262 g/mol. The minimum atomic E-state index is -0.330. The summed E-state index contributed by atoms with van der Waals surface area (Å²) in [6.07, 6.45) is 4.33. The maximum absolute atomic E-state index is 11.5. The Morgan fingerprint density at radius 2 is 2.21 bits per heavy atom. The van der Waals surface area contributed by atoms with Crippen LogP contribution < -0.4 is 10.6 Å². The van der Waals surface area contributed by atoms with Crippen LogP contribution in [0.2, 0.25) is 0 Å². The summed E-state index contributed by atoms with van der Waals surface area (Å²) in [5.74, 6) is 0. The molecule has 0 aliphatic carbocycles. The van der Waals surface area contributed by atoms with E-state index in [1.165, 1.54) is 12.8 Å². The van der Waals surface area contributed by atoms with Crippen molar-refractivity contribution in [1.29, 1.82) is 0 Å². The van der Waals surface area contributed by atoms with E-state index in [1.807, 2.05) is 30.3 Å². The lowest BCUT2D eigenvalue weighted by Crippen LogP contribution is -2.27. The third kappa shape index (κ3) is 5.30. The van der Waals surface area contributed by atoms with E-state index in [9.17, 15) is 4.79 Å². The molecule has 1 fully saturated rings. The standard InChI is InChI=1S/C15H22N2O2/c18-15(19-12-13-6-2-1-3-7-13)17-11-5-9-14-8-4-10-16-14/h1-3,6-7,14,16H,4-5,8-12H2,(H,17,18). The highest BCUT2D eigenvalue weighted by Crippen LogP contribution is 2.09. The molecule has 2 N–H and O–H groups in total. The fourth-order valence-electron chi connectivity index (χ4n) is 2.32. The number of rotatable bonds is 6. The maximum Gasteiger partial charge on any atom is 0.407 e. The average molecular weight is 262 g/mol. The van der Waals surface area contributed by atoms with E-state index >= 15 is 0 Å². The van der Waals surface area contributed by atoms with Crippen LogP contribution >= 0.6 is 0 Å². The van der Waals surface area contributed by atoms with Gasteiger partial charge in [0.05, 0.1) is 0 Å². The molecule has 1 aromatic rings. The lowest BCUT2D eigenvalue weighted by Gasteiger charge is -2.10. The van der Waals surface area contributed by atoms with Crippen molar-refractivity contribution in [2.45, 2.75) is 38.3 Å². The van der Waals surface area contributed by atoms with Gasteiger partial charge < -0.3 is 15.4 Å². The molecule has 104 valence electrons. The molecule has 4 heteroatoms. The highest BCUT2D eigenvalue weighted by Gasteiger charge is 2.13. The fourth-order valence-corrected chi connectivity index (χ4v) is 2.32. The summed E-state index contributed by atoms with van der Waals surface area (Å²) in [5, 5.41) is 6.24. The molecular weight excluding hydrogens is 240 g/mol. The number of alkyl carbamates (subject to hydrolysis) is 1. The zero-order valence-corrected chi connectivity index (χ0v) is 11.2. The van der Waals surface area contributed by atoms with Gasteiger partial charge in [0.2, 0.25) is 0 Å². The van der Waals surface area contributed by atoms with Gasteiger partial charge >= 0.3 is 6.09 Å². The first-order chi connectivity index (χ1) is 9.34. The summed E-state index contributed by atoms with van der Waals surface area (Å²) in [6, 6.07) is 10.3. The van der Waals surface area contributed by atoms with Crippen molar-refractivity contribution in [3.63, 3.8) is 0 Å². The van der Waals surface area contributed by atoms with Crippen molar-refractivity contribution in [2.24, 2.45) is 0 Å². The fraction of sp³-hybridized carbons (Fsp3) is 0.533. The predicted octanol–water partition coefficient (Wildman–Crippen LogP) is 2.45. The van der Waals surface area contributed by atoms with E-state index in [4.69, 9.17) is 4.74 Å². The van der Waals surface area contributed by atoms with E-state index < -0.39 is 0 Å². The Morgan fingerprint density at radius 1 is 1.37 bits per heavy atom. The number of carbonyl (C=O) groups is 1. The Bertz CT molecular complexity index is 375. The second-order valence-electron chi connectivity index (χ2n) is 4.92. The van der Waals surface area contributed by atoms with Crippen LogP contribution in [0.25, 0.3) is 0 Å².